The highest BCUT2D eigenvalue weighted by atomic mass is 16.5. The summed E-state index contributed by atoms with van der Waals surface area (Å²) in [6.45, 7) is 0.955. The molecule has 0 atom stereocenters. The van der Waals surface area contributed by atoms with E-state index >= 15 is 0 Å². The van der Waals surface area contributed by atoms with Gasteiger partial charge in [-0.25, -0.2) is 9.67 Å². The molecule has 0 fully saturated rings. The van der Waals surface area contributed by atoms with E-state index in [4.69, 9.17) is 4.74 Å². The average Bonchev–Trinajstić information content (AvgIpc) is 3.36. The number of aryl methyl sites for hydroxylation is 1. The lowest BCUT2D eigenvalue weighted by Crippen LogP contribution is -2.16. The van der Waals surface area contributed by atoms with Crippen molar-refractivity contribution in [3.05, 3.63) is 96.2 Å². The maximum Gasteiger partial charge on any atom is 0.256 e. The fourth-order valence-electron chi connectivity index (χ4n) is 2.90. The second-order valence-corrected chi connectivity index (χ2v) is 6.58. The van der Waals surface area contributed by atoms with Crippen LogP contribution in [0, 0.1) is 0 Å². The fraction of sp³-hybridized carbons (Fsp3) is 0.136. The molecule has 29 heavy (non-hydrogen) atoms. The zero-order valence-electron chi connectivity index (χ0n) is 16.0. The molecule has 1 amide bonds. The van der Waals surface area contributed by atoms with Gasteiger partial charge in [-0.15, -0.1) is 0 Å². The normalized spacial score (nSPS) is 10.7. The van der Waals surface area contributed by atoms with E-state index < -0.39 is 0 Å². The Labute approximate surface area is 168 Å². The van der Waals surface area contributed by atoms with Gasteiger partial charge >= 0.3 is 0 Å². The van der Waals surface area contributed by atoms with Crippen LogP contribution in [0.25, 0.3) is 0 Å². The van der Waals surface area contributed by atoms with Gasteiger partial charge in [-0.3, -0.25) is 4.79 Å². The van der Waals surface area contributed by atoms with E-state index in [-0.39, 0.29) is 5.91 Å². The van der Waals surface area contributed by atoms with E-state index in [9.17, 15) is 4.79 Å². The van der Waals surface area contributed by atoms with Crippen molar-refractivity contribution in [2.45, 2.75) is 13.2 Å². The zero-order chi connectivity index (χ0) is 20.1. The van der Waals surface area contributed by atoms with Gasteiger partial charge in [0.15, 0.2) is 0 Å². The Balaban J connectivity index is 1.38. The summed E-state index contributed by atoms with van der Waals surface area (Å²) in [5.74, 6) is 1.96. The summed E-state index contributed by atoms with van der Waals surface area (Å²) in [5, 5.41) is 7.22. The molecule has 2 aromatic carbocycles. The Morgan fingerprint density at radius 1 is 1.03 bits per heavy atom. The molecule has 0 bridgehead atoms. The van der Waals surface area contributed by atoms with Crippen LogP contribution in [-0.4, -0.2) is 25.2 Å². The van der Waals surface area contributed by atoms with Crippen LogP contribution in [0.1, 0.15) is 21.7 Å². The van der Waals surface area contributed by atoms with Crippen LogP contribution >= 0.6 is 0 Å². The topological polar surface area (TPSA) is 74.0 Å². The molecule has 2 heterocycles. The molecular formula is C22H21N5O2. The van der Waals surface area contributed by atoms with Gasteiger partial charge in [-0.1, -0.05) is 30.3 Å². The van der Waals surface area contributed by atoms with Crippen LogP contribution < -0.4 is 10.1 Å². The Bertz CT molecular complexity index is 1080. The average molecular weight is 387 g/mol. The number of carbonyl (C=O) groups excluding carboxylic acids is 1. The van der Waals surface area contributed by atoms with Gasteiger partial charge in [0.05, 0.1) is 12.7 Å². The molecule has 0 radical (unpaired) electrons. The molecule has 0 spiro atoms. The summed E-state index contributed by atoms with van der Waals surface area (Å²) >= 11 is 0. The second kappa shape index (κ2) is 8.43. The summed E-state index contributed by atoms with van der Waals surface area (Å²) in [4.78, 5) is 16.8. The molecule has 0 unspecified atom stereocenters. The lowest BCUT2D eigenvalue weighted by Gasteiger charge is -2.10. The number of anilines is 1. The van der Waals surface area contributed by atoms with E-state index in [0.717, 1.165) is 11.4 Å². The first kappa shape index (κ1) is 18.5. The predicted octanol–water partition coefficient (Wildman–Crippen LogP) is 3.50. The van der Waals surface area contributed by atoms with Gasteiger partial charge in [-0.2, -0.15) is 5.10 Å². The van der Waals surface area contributed by atoms with E-state index in [1.807, 2.05) is 48.1 Å². The molecule has 7 nitrogen and oxygen atoms in total. The molecule has 0 aliphatic heterocycles. The monoisotopic (exact) mass is 387 g/mol. The Morgan fingerprint density at radius 2 is 1.83 bits per heavy atom. The predicted molar refractivity (Wildman–Crippen MR) is 110 cm³/mol. The summed E-state index contributed by atoms with van der Waals surface area (Å²) in [7, 11) is 1.92. The van der Waals surface area contributed by atoms with Crippen LogP contribution in [0.4, 0.5) is 5.82 Å². The SMILES string of the molecule is Cn1ccnc1COc1ccc(C(=O)Nc2ccnn2Cc2ccccc2)cc1. The minimum absolute atomic E-state index is 0.199. The molecule has 146 valence electrons. The third kappa shape index (κ3) is 4.52. The number of carbonyl (C=O) groups is 1. The number of nitrogens with zero attached hydrogens (tertiary/aromatic N) is 4. The van der Waals surface area contributed by atoms with Crippen molar-refractivity contribution in [2.75, 3.05) is 5.32 Å². The van der Waals surface area contributed by atoms with Crippen molar-refractivity contribution < 1.29 is 9.53 Å². The van der Waals surface area contributed by atoms with Crippen LogP contribution in [0.15, 0.2) is 79.3 Å². The standard InChI is InChI=1S/C22H21N5O2/c1-26-14-13-23-21(26)16-29-19-9-7-18(8-10-19)22(28)25-20-11-12-24-27(20)15-17-5-3-2-4-6-17/h2-14H,15-16H2,1H3,(H,25,28). The smallest absolute Gasteiger partial charge is 0.256 e. The van der Waals surface area contributed by atoms with Crippen LogP contribution in [0.3, 0.4) is 0 Å². The third-order valence-corrected chi connectivity index (χ3v) is 4.54. The van der Waals surface area contributed by atoms with Crippen LogP contribution in [0.2, 0.25) is 0 Å². The highest BCUT2D eigenvalue weighted by Crippen LogP contribution is 2.16. The van der Waals surface area contributed by atoms with Gasteiger partial charge in [0.25, 0.3) is 5.91 Å². The van der Waals surface area contributed by atoms with E-state index in [2.05, 4.69) is 15.4 Å². The summed E-state index contributed by atoms with van der Waals surface area (Å²) in [5.41, 5.74) is 1.66. The Kier molecular flexibility index (Phi) is 5.38. The minimum atomic E-state index is -0.199. The maximum atomic E-state index is 12.6. The first-order valence-electron chi connectivity index (χ1n) is 9.25. The number of ether oxygens (including phenoxy) is 1. The molecule has 0 aliphatic rings. The molecule has 4 rings (SSSR count). The highest BCUT2D eigenvalue weighted by molar-refractivity contribution is 6.03. The number of hydrogen-bond donors (Lipinski definition) is 1. The quantitative estimate of drug-likeness (QED) is 0.527. The summed E-state index contributed by atoms with van der Waals surface area (Å²) < 4.78 is 9.39. The Morgan fingerprint density at radius 3 is 2.55 bits per heavy atom. The van der Waals surface area contributed by atoms with Gasteiger partial charge < -0.3 is 14.6 Å². The van der Waals surface area contributed by atoms with E-state index in [1.165, 1.54) is 0 Å². The first-order chi connectivity index (χ1) is 14.2. The molecule has 0 saturated heterocycles. The van der Waals surface area contributed by atoms with E-state index in [1.54, 1.807) is 47.4 Å². The molecular weight excluding hydrogens is 366 g/mol. The van der Waals surface area contributed by atoms with Gasteiger partial charge in [0.2, 0.25) is 0 Å². The lowest BCUT2D eigenvalue weighted by molar-refractivity contribution is 0.102. The van der Waals surface area contributed by atoms with Crippen LogP contribution in [-0.2, 0) is 20.2 Å². The van der Waals surface area contributed by atoms with Crippen molar-refractivity contribution in [1.82, 2.24) is 19.3 Å². The van der Waals surface area contributed by atoms with Crippen molar-refractivity contribution in [3.8, 4) is 5.75 Å². The molecule has 0 aliphatic carbocycles. The number of aromatic nitrogens is 4. The maximum absolute atomic E-state index is 12.6. The van der Waals surface area contributed by atoms with Gasteiger partial charge in [0, 0.05) is 31.1 Å². The third-order valence-electron chi connectivity index (χ3n) is 4.54. The number of amides is 1. The number of nitrogens with one attached hydrogen (secondary N) is 1. The van der Waals surface area contributed by atoms with Crippen molar-refractivity contribution in [3.63, 3.8) is 0 Å². The highest BCUT2D eigenvalue weighted by Gasteiger charge is 2.10. The molecule has 7 heteroatoms. The lowest BCUT2D eigenvalue weighted by atomic mass is 10.2. The number of rotatable bonds is 7. The zero-order valence-corrected chi connectivity index (χ0v) is 16.0. The molecule has 4 aromatic rings. The molecule has 2 aromatic heterocycles. The van der Waals surface area contributed by atoms with Crippen molar-refractivity contribution in [1.29, 1.82) is 0 Å². The van der Waals surface area contributed by atoms with Crippen LogP contribution in [0.5, 0.6) is 5.75 Å². The minimum Gasteiger partial charge on any atom is -0.486 e. The number of hydrogen-bond acceptors (Lipinski definition) is 4. The second-order valence-electron chi connectivity index (χ2n) is 6.58. The van der Waals surface area contributed by atoms with E-state index in [0.29, 0.717) is 30.3 Å². The first-order valence-corrected chi connectivity index (χ1v) is 9.25. The fourth-order valence-corrected chi connectivity index (χ4v) is 2.90. The molecule has 1 N–H and O–H groups in total. The Hall–Kier alpha value is -3.87. The van der Waals surface area contributed by atoms with Crippen molar-refractivity contribution >= 4 is 11.7 Å². The molecule has 0 saturated carbocycles. The number of imidazole rings is 1. The number of benzene rings is 2. The van der Waals surface area contributed by atoms with Gasteiger partial charge in [-0.05, 0) is 29.8 Å². The largest absolute Gasteiger partial charge is 0.486 e. The van der Waals surface area contributed by atoms with Crippen molar-refractivity contribution in [2.24, 2.45) is 7.05 Å². The van der Waals surface area contributed by atoms with Gasteiger partial charge in [0.1, 0.15) is 24.0 Å². The summed E-state index contributed by atoms with van der Waals surface area (Å²) in [6, 6.07) is 18.8. The summed E-state index contributed by atoms with van der Waals surface area (Å²) in [6.07, 6.45) is 5.27.